The third kappa shape index (κ3) is 2.35. The average Bonchev–Trinajstić information content (AvgIpc) is 2.85. The molecule has 3 rings (SSSR count). The van der Waals surface area contributed by atoms with Crippen molar-refractivity contribution in [3.05, 3.63) is 66.5 Å². The summed E-state index contributed by atoms with van der Waals surface area (Å²) < 4.78 is 1.77. The number of nitrogens with one attached hydrogen (secondary N) is 1. The maximum absolute atomic E-state index is 12.1. The molecular formula is C13H9BrN4O4. The van der Waals surface area contributed by atoms with E-state index in [2.05, 4.69) is 26.0 Å². The lowest BCUT2D eigenvalue weighted by Crippen LogP contribution is -2.16. The number of aromatic hydroxyl groups is 1. The Hall–Kier alpha value is -2.68. The minimum Gasteiger partial charge on any atom is -0.493 e. The van der Waals surface area contributed by atoms with Crippen molar-refractivity contribution in [1.82, 2.24) is 14.6 Å². The van der Waals surface area contributed by atoms with E-state index in [0.29, 0.717) is 15.7 Å². The lowest BCUT2D eigenvalue weighted by molar-refractivity contribution is -0.384. The van der Waals surface area contributed by atoms with Crippen molar-refractivity contribution < 1.29 is 10.0 Å². The zero-order valence-electron chi connectivity index (χ0n) is 11.0. The summed E-state index contributed by atoms with van der Waals surface area (Å²) in [5.41, 5.74) is 0.682. The Kier molecular flexibility index (Phi) is 3.41. The molecule has 0 unspecified atom stereocenters. The molecule has 9 heteroatoms. The molecule has 22 heavy (non-hydrogen) atoms. The Labute approximate surface area is 131 Å². The van der Waals surface area contributed by atoms with E-state index in [0.717, 1.165) is 0 Å². The van der Waals surface area contributed by atoms with Gasteiger partial charge in [-0.3, -0.25) is 14.9 Å². The molecule has 0 radical (unpaired) electrons. The lowest BCUT2D eigenvalue weighted by atomic mass is 10.1. The molecule has 0 bridgehead atoms. The van der Waals surface area contributed by atoms with Gasteiger partial charge >= 0.3 is 0 Å². The number of nitro benzene ring substituents is 1. The molecule has 0 saturated heterocycles. The molecule has 0 aliphatic carbocycles. The van der Waals surface area contributed by atoms with Gasteiger partial charge in [-0.1, -0.05) is 12.1 Å². The molecule has 0 saturated carbocycles. The summed E-state index contributed by atoms with van der Waals surface area (Å²) in [6.07, 6.45) is 1.59. The number of aromatic amines is 1. The second kappa shape index (κ2) is 5.26. The van der Waals surface area contributed by atoms with Gasteiger partial charge in [0.1, 0.15) is 0 Å². The van der Waals surface area contributed by atoms with Crippen LogP contribution in [0.25, 0.3) is 5.65 Å². The van der Waals surface area contributed by atoms with Crippen molar-refractivity contribution in [2.45, 2.75) is 6.42 Å². The highest BCUT2D eigenvalue weighted by Crippen LogP contribution is 2.22. The number of benzene rings is 1. The summed E-state index contributed by atoms with van der Waals surface area (Å²) >= 11 is 3.22. The van der Waals surface area contributed by atoms with E-state index in [-0.39, 0.29) is 23.6 Å². The number of nitro groups is 1. The maximum atomic E-state index is 12.1. The number of fused-ring (bicyclic) bond motifs is 1. The fraction of sp³-hybridized carbons (Fsp3) is 0.0769. The van der Waals surface area contributed by atoms with Crippen molar-refractivity contribution >= 4 is 27.3 Å². The molecular weight excluding hydrogens is 356 g/mol. The van der Waals surface area contributed by atoms with Crippen LogP contribution in [-0.4, -0.2) is 24.6 Å². The number of nitrogens with zero attached hydrogens (tertiary/aromatic N) is 3. The normalized spacial score (nSPS) is 11.0. The first-order valence-electron chi connectivity index (χ1n) is 6.18. The molecule has 2 N–H and O–H groups in total. The molecule has 2 heterocycles. The highest BCUT2D eigenvalue weighted by Gasteiger charge is 2.15. The van der Waals surface area contributed by atoms with Crippen molar-refractivity contribution in [2.75, 3.05) is 0 Å². The number of aromatic nitrogens is 3. The van der Waals surface area contributed by atoms with Crippen LogP contribution in [0.2, 0.25) is 0 Å². The number of hydrogen-bond donors (Lipinski definition) is 2. The van der Waals surface area contributed by atoms with E-state index in [1.807, 2.05) is 0 Å². The van der Waals surface area contributed by atoms with Crippen LogP contribution in [0.5, 0.6) is 5.88 Å². The average molecular weight is 365 g/mol. The minimum absolute atomic E-state index is 0.0339. The summed E-state index contributed by atoms with van der Waals surface area (Å²) in [6.45, 7) is 0. The van der Waals surface area contributed by atoms with E-state index in [1.54, 1.807) is 12.1 Å². The molecule has 0 amide bonds. The summed E-state index contributed by atoms with van der Waals surface area (Å²) in [5, 5.41) is 24.8. The van der Waals surface area contributed by atoms with Gasteiger partial charge in [-0.2, -0.15) is 9.61 Å². The van der Waals surface area contributed by atoms with Crippen molar-refractivity contribution in [2.24, 2.45) is 0 Å². The Bertz CT molecular complexity index is 930. The monoisotopic (exact) mass is 364 g/mol. The highest BCUT2D eigenvalue weighted by molar-refractivity contribution is 9.10. The van der Waals surface area contributed by atoms with Crippen LogP contribution in [0.1, 0.15) is 11.1 Å². The molecule has 112 valence electrons. The van der Waals surface area contributed by atoms with E-state index in [4.69, 9.17) is 0 Å². The van der Waals surface area contributed by atoms with Gasteiger partial charge in [-0.05, 0) is 21.5 Å². The lowest BCUT2D eigenvalue weighted by Gasteiger charge is -2.06. The summed E-state index contributed by atoms with van der Waals surface area (Å²) in [6, 6.07) is 5.79. The number of halogens is 1. The van der Waals surface area contributed by atoms with Gasteiger partial charge in [-0.25, -0.2) is 0 Å². The first-order chi connectivity index (χ1) is 10.5. The smallest absolute Gasteiger partial charge is 0.269 e. The largest absolute Gasteiger partial charge is 0.493 e. The van der Waals surface area contributed by atoms with E-state index in [1.165, 1.54) is 22.8 Å². The second-order valence-electron chi connectivity index (χ2n) is 4.61. The van der Waals surface area contributed by atoms with Gasteiger partial charge in [-0.15, -0.1) is 0 Å². The van der Waals surface area contributed by atoms with Crippen LogP contribution >= 0.6 is 15.9 Å². The summed E-state index contributed by atoms with van der Waals surface area (Å²) in [4.78, 5) is 24.8. The Balaban J connectivity index is 2.03. The molecule has 2 aromatic heterocycles. The topological polar surface area (TPSA) is 114 Å². The van der Waals surface area contributed by atoms with Crippen molar-refractivity contribution in [3.63, 3.8) is 0 Å². The number of non-ortho nitro benzene ring substituents is 1. The minimum atomic E-state index is -0.499. The number of rotatable bonds is 3. The van der Waals surface area contributed by atoms with Crippen LogP contribution in [0.15, 0.2) is 39.7 Å². The third-order valence-corrected chi connectivity index (χ3v) is 3.81. The van der Waals surface area contributed by atoms with Gasteiger partial charge < -0.3 is 10.1 Å². The van der Waals surface area contributed by atoms with Gasteiger partial charge in [0, 0.05) is 18.6 Å². The van der Waals surface area contributed by atoms with Crippen LogP contribution in [-0.2, 0) is 6.42 Å². The standard InChI is InChI=1S/C13H9BrN4O4/c14-10-6-15-17-11(10)16-12(19)9(13(17)20)5-7-1-3-8(4-2-7)18(21)22/h1-4,6,20H,5H2,(H,16,19). The summed E-state index contributed by atoms with van der Waals surface area (Å²) in [7, 11) is 0. The second-order valence-corrected chi connectivity index (χ2v) is 5.46. The van der Waals surface area contributed by atoms with E-state index in [9.17, 15) is 20.0 Å². The molecule has 0 aliphatic rings. The van der Waals surface area contributed by atoms with E-state index >= 15 is 0 Å². The van der Waals surface area contributed by atoms with Crippen LogP contribution in [0.4, 0.5) is 5.69 Å². The fourth-order valence-corrected chi connectivity index (χ4v) is 2.47. The molecule has 0 aliphatic heterocycles. The first kappa shape index (κ1) is 14.3. The van der Waals surface area contributed by atoms with Gasteiger partial charge in [0.25, 0.3) is 11.2 Å². The van der Waals surface area contributed by atoms with Gasteiger partial charge in [0.2, 0.25) is 5.88 Å². The number of H-pyrrole nitrogens is 1. The Morgan fingerprint density at radius 2 is 2.05 bits per heavy atom. The molecule has 1 aromatic carbocycles. The van der Waals surface area contributed by atoms with Crippen molar-refractivity contribution in [3.8, 4) is 5.88 Å². The predicted octanol–water partition coefficient (Wildman–Crippen LogP) is 1.99. The molecule has 0 spiro atoms. The third-order valence-electron chi connectivity index (χ3n) is 3.23. The van der Waals surface area contributed by atoms with Crippen LogP contribution in [0.3, 0.4) is 0 Å². The molecule has 0 atom stereocenters. The highest BCUT2D eigenvalue weighted by atomic mass is 79.9. The molecule has 0 fully saturated rings. The molecule has 3 aromatic rings. The Morgan fingerprint density at radius 3 is 2.68 bits per heavy atom. The zero-order valence-corrected chi connectivity index (χ0v) is 12.6. The van der Waals surface area contributed by atoms with Gasteiger partial charge in [0.15, 0.2) is 5.65 Å². The van der Waals surface area contributed by atoms with Crippen LogP contribution in [0, 0.1) is 10.1 Å². The molecule has 8 nitrogen and oxygen atoms in total. The predicted molar refractivity (Wildman–Crippen MR) is 81.1 cm³/mol. The van der Waals surface area contributed by atoms with Crippen LogP contribution < -0.4 is 5.56 Å². The number of hydrogen-bond acceptors (Lipinski definition) is 5. The van der Waals surface area contributed by atoms with Crippen molar-refractivity contribution in [1.29, 1.82) is 0 Å². The van der Waals surface area contributed by atoms with E-state index < -0.39 is 10.5 Å². The quantitative estimate of drug-likeness (QED) is 0.544. The summed E-state index contributed by atoms with van der Waals surface area (Å²) in [5.74, 6) is -0.261. The SMILES string of the molecule is O=c1[nH]c2c(Br)cnn2c(O)c1Cc1ccc([N+](=O)[O-])cc1. The zero-order chi connectivity index (χ0) is 15.9. The van der Waals surface area contributed by atoms with Gasteiger partial charge in [0.05, 0.1) is 21.2 Å². The Morgan fingerprint density at radius 1 is 1.36 bits per heavy atom. The fourth-order valence-electron chi connectivity index (χ4n) is 2.11. The first-order valence-corrected chi connectivity index (χ1v) is 6.97. The maximum Gasteiger partial charge on any atom is 0.269 e.